The van der Waals surface area contributed by atoms with Crippen molar-refractivity contribution in [3.63, 3.8) is 0 Å². The predicted molar refractivity (Wildman–Crippen MR) is 110 cm³/mol. The molecule has 2 fully saturated rings. The number of aromatic nitrogens is 1. The van der Waals surface area contributed by atoms with Gasteiger partial charge in [0.05, 0.1) is 5.69 Å². The molecule has 2 aliphatic heterocycles. The minimum atomic E-state index is -4.24. The fourth-order valence-corrected chi connectivity index (χ4v) is 6.59. The number of thiazole rings is 1. The standard InChI is InChI=1S/C18H22ClFN4O2S2/c1-13-11-27-17(22-13)24(19)28(25,26)16-5-4-14(10-15(16)20)21-12-18-6-2-8-23(18)9-3-7-18/h4-5,10-11,21H,2-3,6-9,12H2,1H3. The maximum absolute atomic E-state index is 14.7. The average Bonchev–Trinajstić information content (AvgIpc) is 3.34. The zero-order chi connectivity index (χ0) is 19.9. The Bertz CT molecular complexity index is 972. The van der Waals surface area contributed by atoms with Crippen LogP contribution in [0.5, 0.6) is 0 Å². The number of hydrogen-bond acceptors (Lipinski definition) is 6. The molecular weight excluding hydrogens is 423 g/mol. The summed E-state index contributed by atoms with van der Waals surface area (Å²) in [6.45, 7) is 4.70. The van der Waals surface area contributed by atoms with E-state index in [-0.39, 0.29) is 10.7 Å². The Kier molecular flexibility index (Phi) is 5.28. The lowest BCUT2D eigenvalue weighted by Crippen LogP contribution is -2.44. The summed E-state index contributed by atoms with van der Waals surface area (Å²) >= 11 is 7.05. The molecule has 0 saturated carbocycles. The number of rotatable bonds is 6. The number of sulfonamides is 1. The molecule has 2 aromatic rings. The lowest BCUT2D eigenvalue weighted by Gasteiger charge is -2.32. The maximum atomic E-state index is 14.7. The molecule has 0 radical (unpaired) electrons. The van der Waals surface area contributed by atoms with Crippen LogP contribution in [0.3, 0.4) is 0 Å². The van der Waals surface area contributed by atoms with Gasteiger partial charge < -0.3 is 5.32 Å². The summed E-state index contributed by atoms with van der Waals surface area (Å²) in [5, 5.41) is 5.06. The molecule has 2 aliphatic rings. The van der Waals surface area contributed by atoms with Crippen LogP contribution in [0.15, 0.2) is 28.5 Å². The molecule has 0 amide bonds. The van der Waals surface area contributed by atoms with Crippen LogP contribution in [0.2, 0.25) is 0 Å². The minimum absolute atomic E-state index is 0.0856. The van der Waals surface area contributed by atoms with Gasteiger partial charge in [-0.1, -0.05) is 0 Å². The van der Waals surface area contributed by atoms with Crippen molar-refractivity contribution in [1.29, 1.82) is 0 Å². The minimum Gasteiger partial charge on any atom is -0.383 e. The van der Waals surface area contributed by atoms with Gasteiger partial charge in [0.25, 0.3) is 10.0 Å². The van der Waals surface area contributed by atoms with Crippen molar-refractivity contribution in [3.8, 4) is 0 Å². The topological polar surface area (TPSA) is 65.5 Å². The van der Waals surface area contributed by atoms with E-state index in [1.807, 2.05) is 0 Å². The van der Waals surface area contributed by atoms with Gasteiger partial charge in [-0.15, -0.1) is 15.2 Å². The van der Waals surface area contributed by atoms with Crippen LogP contribution in [0.4, 0.5) is 15.2 Å². The summed E-state index contributed by atoms with van der Waals surface area (Å²) < 4.78 is 40.5. The van der Waals surface area contributed by atoms with Crippen molar-refractivity contribution in [2.45, 2.75) is 43.0 Å². The molecule has 1 N–H and O–H groups in total. The number of benzene rings is 1. The Morgan fingerprint density at radius 2 is 2.07 bits per heavy atom. The van der Waals surface area contributed by atoms with Crippen LogP contribution >= 0.6 is 23.1 Å². The molecule has 4 rings (SSSR count). The summed E-state index contributed by atoms with van der Waals surface area (Å²) in [5.74, 6) is -0.837. The van der Waals surface area contributed by atoms with E-state index in [0.717, 1.165) is 43.8 Å². The predicted octanol–water partition coefficient (Wildman–Crippen LogP) is 3.98. The monoisotopic (exact) mass is 444 g/mol. The molecule has 0 aliphatic carbocycles. The van der Waals surface area contributed by atoms with Crippen molar-refractivity contribution in [2.24, 2.45) is 0 Å². The quantitative estimate of drug-likeness (QED) is 0.682. The van der Waals surface area contributed by atoms with Gasteiger partial charge in [0.1, 0.15) is 10.7 Å². The largest absolute Gasteiger partial charge is 0.383 e. The second-order valence-electron chi connectivity index (χ2n) is 7.41. The Morgan fingerprint density at radius 3 is 2.68 bits per heavy atom. The van der Waals surface area contributed by atoms with Crippen LogP contribution in [0.1, 0.15) is 31.4 Å². The molecule has 152 valence electrons. The lowest BCUT2D eigenvalue weighted by atomic mass is 9.94. The number of halogens is 2. The van der Waals surface area contributed by atoms with E-state index in [0.29, 0.717) is 15.2 Å². The van der Waals surface area contributed by atoms with Crippen molar-refractivity contribution >= 4 is 44.0 Å². The summed E-state index contributed by atoms with van der Waals surface area (Å²) in [6, 6.07) is 4.05. The Morgan fingerprint density at radius 1 is 1.36 bits per heavy atom. The van der Waals surface area contributed by atoms with E-state index >= 15 is 0 Å². The molecule has 3 heterocycles. The highest BCUT2D eigenvalue weighted by Gasteiger charge is 2.43. The van der Waals surface area contributed by atoms with Crippen molar-refractivity contribution in [3.05, 3.63) is 35.1 Å². The van der Waals surface area contributed by atoms with E-state index in [1.165, 1.54) is 25.0 Å². The Labute approximate surface area is 173 Å². The van der Waals surface area contributed by atoms with Gasteiger partial charge in [-0.3, -0.25) is 4.90 Å². The van der Waals surface area contributed by atoms with Crippen molar-refractivity contribution in [2.75, 3.05) is 28.8 Å². The molecule has 10 heteroatoms. The van der Waals surface area contributed by atoms with Gasteiger partial charge in [-0.2, -0.15) is 8.42 Å². The molecule has 1 aromatic heterocycles. The van der Waals surface area contributed by atoms with Gasteiger partial charge in [0.2, 0.25) is 5.13 Å². The highest BCUT2D eigenvalue weighted by Crippen LogP contribution is 2.39. The summed E-state index contributed by atoms with van der Waals surface area (Å²) in [7, 11) is -4.24. The van der Waals surface area contributed by atoms with E-state index in [2.05, 4.69) is 15.2 Å². The first-order chi connectivity index (χ1) is 13.3. The second kappa shape index (κ2) is 7.44. The molecular formula is C18H22ClFN4O2S2. The Balaban J connectivity index is 1.51. The van der Waals surface area contributed by atoms with Crippen LogP contribution in [-0.2, 0) is 10.0 Å². The molecule has 2 saturated heterocycles. The van der Waals surface area contributed by atoms with Crippen molar-refractivity contribution in [1.82, 2.24) is 9.88 Å². The number of hydrogen-bond donors (Lipinski definition) is 1. The molecule has 0 spiro atoms. The first kappa shape index (κ1) is 19.9. The fourth-order valence-electron chi connectivity index (χ4n) is 4.21. The van der Waals surface area contributed by atoms with Gasteiger partial charge in [-0.25, -0.2) is 9.37 Å². The third kappa shape index (κ3) is 3.49. The number of nitrogens with one attached hydrogen (secondary N) is 1. The second-order valence-corrected chi connectivity index (χ2v) is 10.5. The van der Waals surface area contributed by atoms with E-state index in [9.17, 15) is 12.8 Å². The number of fused-ring (bicyclic) bond motifs is 1. The average molecular weight is 445 g/mol. The van der Waals surface area contributed by atoms with Gasteiger partial charge in [-0.05, 0) is 63.9 Å². The smallest absolute Gasteiger partial charge is 0.283 e. The first-order valence-corrected chi connectivity index (χ1v) is 11.9. The highest BCUT2D eigenvalue weighted by atomic mass is 35.5. The van der Waals surface area contributed by atoms with E-state index < -0.39 is 20.7 Å². The van der Waals surface area contributed by atoms with Crippen LogP contribution in [-0.4, -0.2) is 43.5 Å². The van der Waals surface area contributed by atoms with Gasteiger partial charge in [0.15, 0.2) is 0 Å². The van der Waals surface area contributed by atoms with E-state index in [4.69, 9.17) is 11.8 Å². The van der Waals surface area contributed by atoms with Crippen LogP contribution in [0.25, 0.3) is 0 Å². The van der Waals surface area contributed by atoms with Crippen molar-refractivity contribution < 1.29 is 12.8 Å². The summed E-state index contributed by atoms with van der Waals surface area (Å²) in [6.07, 6.45) is 4.66. The van der Waals surface area contributed by atoms with Gasteiger partial charge >= 0.3 is 0 Å². The molecule has 0 bridgehead atoms. The van der Waals surface area contributed by atoms with Crippen LogP contribution in [0, 0.1) is 12.7 Å². The highest BCUT2D eigenvalue weighted by molar-refractivity contribution is 7.94. The Hall–Kier alpha value is -1.42. The molecule has 6 nitrogen and oxygen atoms in total. The SMILES string of the molecule is Cc1csc(N(Cl)S(=O)(=O)c2ccc(NCC34CCCN3CCC4)cc2F)n1. The lowest BCUT2D eigenvalue weighted by molar-refractivity contribution is 0.209. The summed E-state index contributed by atoms with van der Waals surface area (Å²) in [4.78, 5) is 6.09. The summed E-state index contributed by atoms with van der Waals surface area (Å²) in [5.41, 5.74) is 1.36. The third-order valence-corrected chi connectivity index (χ3v) is 8.96. The van der Waals surface area contributed by atoms with Gasteiger partial charge in [0, 0.05) is 34.9 Å². The normalized spacial score (nSPS) is 19.0. The molecule has 28 heavy (non-hydrogen) atoms. The first-order valence-electron chi connectivity index (χ1n) is 9.24. The molecule has 1 aromatic carbocycles. The third-order valence-electron chi connectivity index (χ3n) is 5.61. The van der Waals surface area contributed by atoms with Crippen LogP contribution < -0.4 is 9.14 Å². The maximum Gasteiger partial charge on any atom is 0.283 e. The zero-order valence-corrected chi connectivity index (χ0v) is 17.9. The number of nitrogens with zero attached hydrogens (tertiary/aromatic N) is 3. The molecule has 0 atom stereocenters. The van der Waals surface area contributed by atoms with E-state index in [1.54, 1.807) is 18.4 Å². The fraction of sp³-hybridized carbons (Fsp3) is 0.500. The zero-order valence-electron chi connectivity index (χ0n) is 15.5. The number of anilines is 2. The number of aryl methyl sites for hydroxylation is 1. The molecule has 0 unspecified atom stereocenters.